The predicted molar refractivity (Wildman–Crippen MR) is 141 cm³/mol. The Balaban J connectivity index is 1.39. The van der Waals surface area contributed by atoms with Gasteiger partial charge >= 0.3 is 0 Å². The Morgan fingerprint density at radius 1 is 0.656 bits per heavy atom. The number of hydrogen-bond donors (Lipinski definition) is 1. The quantitative estimate of drug-likeness (QED) is 0.285. The average Bonchev–Trinajstić information content (AvgIpc) is 3.46. The number of thioether (sulfide) groups is 1. The van der Waals surface area contributed by atoms with Gasteiger partial charge in [0.25, 0.3) is 0 Å². The molecular formula is C29H19NS2. The fraction of sp³-hybridized carbons (Fsp3) is 0.0345. The molecule has 1 aliphatic rings. The monoisotopic (exact) mass is 445 g/mol. The number of rotatable bonds is 2. The van der Waals surface area contributed by atoms with E-state index in [-0.39, 0.29) is 5.37 Å². The molecule has 6 aromatic rings. The van der Waals surface area contributed by atoms with E-state index in [2.05, 4.69) is 108 Å². The van der Waals surface area contributed by atoms with E-state index in [4.69, 9.17) is 0 Å². The molecule has 152 valence electrons. The molecule has 0 saturated carbocycles. The van der Waals surface area contributed by atoms with Crippen LogP contribution in [0.4, 0.5) is 5.69 Å². The van der Waals surface area contributed by atoms with Crippen molar-refractivity contribution in [2.75, 3.05) is 5.32 Å². The third kappa shape index (κ3) is 2.78. The molecule has 1 atom stereocenters. The van der Waals surface area contributed by atoms with Gasteiger partial charge in [0.1, 0.15) is 5.37 Å². The molecule has 3 heteroatoms. The minimum Gasteiger partial charge on any atom is -0.368 e. The number of thiophene rings is 1. The highest BCUT2D eigenvalue weighted by Gasteiger charge is 2.24. The maximum Gasteiger partial charge on any atom is 0.103 e. The SMILES string of the molecule is c1ccc(C2Nc3ccc4ccc(-c5cccc6c5sc5ccccc56)cc4c3S2)cc1. The van der Waals surface area contributed by atoms with Gasteiger partial charge in [-0.05, 0) is 45.7 Å². The molecule has 5 aromatic carbocycles. The van der Waals surface area contributed by atoms with Gasteiger partial charge in [0.05, 0.1) is 0 Å². The first-order chi connectivity index (χ1) is 15.8. The van der Waals surface area contributed by atoms with Crippen LogP contribution in [0.2, 0.25) is 0 Å². The van der Waals surface area contributed by atoms with E-state index in [0.717, 1.165) is 0 Å². The molecule has 2 heterocycles. The Labute approximate surface area is 194 Å². The number of nitrogens with one attached hydrogen (secondary N) is 1. The van der Waals surface area contributed by atoms with Crippen molar-refractivity contribution in [2.24, 2.45) is 0 Å². The average molecular weight is 446 g/mol. The summed E-state index contributed by atoms with van der Waals surface area (Å²) in [7, 11) is 0. The summed E-state index contributed by atoms with van der Waals surface area (Å²) in [5.41, 5.74) is 5.15. The van der Waals surface area contributed by atoms with Gasteiger partial charge in [-0.25, -0.2) is 0 Å². The Morgan fingerprint density at radius 2 is 1.47 bits per heavy atom. The fourth-order valence-corrected chi connectivity index (χ4v) is 7.25. The summed E-state index contributed by atoms with van der Waals surface area (Å²) >= 11 is 3.82. The third-order valence-corrected chi connectivity index (χ3v) is 8.83. The van der Waals surface area contributed by atoms with E-state index in [0.29, 0.717) is 0 Å². The van der Waals surface area contributed by atoms with Crippen LogP contribution >= 0.6 is 23.1 Å². The summed E-state index contributed by atoms with van der Waals surface area (Å²) in [5, 5.41) is 9.29. The van der Waals surface area contributed by atoms with E-state index in [1.807, 2.05) is 23.1 Å². The number of hydrogen-bond acceptors (Lipinski definition) is 3. The van der Waals surface area contributed by atoms with Crippen molar-refractivity contribution in [1.82, 2.24) is 0 Å². The normalized spacial score (nSPS) is 15.3. The topological polar surface area (TPSA) is 12.0 Å². The van der Waals surface area contributed by atoms with Crippen LogP contribution in [-0.4, -0.2) is 0 Å². The Morgan fingerprint density at radius 3 is 2.41 bits per heavy atom. The highest BCUT2D eigenvalue weighted by Crippen LogP contribution is 2.50. The first kappa shape index (κ1) is 18.3. The summed E-state index contributed by atoms with van der Waals surface area (Å²) in [4.78, 5) is 1.35. The van der Waals surface area contributed by atoms with Gasteiger partial charge in [-0.2, -0.15) is 0 Å². The van der Waals surface area contributed by atoms with Gasteiger partial charge < -0.3 is 5.32 Å². The third-order valence-electron chi connectivity index (χ3n) is 6.31. The van der Waals surface area contributed by atoms with E-state index in [1.54, 1.807) is 0 Å². The maximum absolute atomic E-state index is 3.71. The molecule has 0 spiro atoms. The Kier molecular flexibility index (Phi) is 4.08. The molecule has 0 radical (unpaired) electrons. The van der Waals surface area contributed by atoms with Crippen molar-refractivity contribution in [3.05, 3.63) is 109 Å². The maximum atomic E-state index is 3.71. The largest absolute Gasteiger partial charge is 0.368 e. The van der Waals surface area contributed by atoms with Crippen molar-refractivity contribution < 1.29 is 0 Å². The molecule has 32 heavy (non-hydrogen) atoms. The van der Waals surface area contributed by atoms with Crippen molar-refractivity contribution in [2.45, 2.75) is 10.3 Å². The molecule has 0 amide bonds. The van der Waals surface area contributed by atoms with Gasteiger partial charge in [-0.3, -0.25) is 0 Å². The Hall–Kier alpha value is -3.27. The molecular weight excluding hydrogens is 426 g/mol. The van der Waals surface area contributed by atoms with E-state index in [9.17, 15) is 0 Å². The van der Waals surface area contributed by atoms with Crippen molar-refractivity contribution in [3.63, 3.8) is 0 Å². The second-order valence-electron chi connectivity index (χ2n) is 8.21. The summed E-state index contributed by atoms with van der Waals surface area (Å²) in [5.74, 6) is 0. The van der Waals surface area contributed by atoms with Crippen LogP contribution in [0.25, 0.3) is 42.1 Å². The summed E-state index contributed by atoms with van der Waals surface area (Å²) < 4.78 is 2.72. The van der Waals surface area contributed by atoms with Crippen LogP contribution in [0.15, 0.2) is 108 Å². The van der Waals surface area contributed by atoms with Gasteiger partial charge in [0.15, 0.2) is 0 Å². The van der Waals surface area contributed by atoms with Crippen LogP contribution in [0.1, 0.15) is 10.9 Å². The first-order valence-electron chi connectivity index (χ1n) is 10.8. The lowest BCUT2D eigenvalue weighted by atomic mass is 9.99. The zero-order valence-corrected chi connectivity index (χ0v) is 18.8. The molecule has 0 saturated heterocycles. The highest BCUT2D eigenvalue weighted by atomic mass is 32.2. The Bertz CT molecular complexity index is 1630. The predicted octanol–water partition coefficient (Wildman–Crippen LogP) is 9.09. The molecule has 0 bridgehead atoms. The molecule has 1 aromatic heterocycles. The minimum absolute atomic E-state index is 0.256. The molecule has 1 aliphatic heterocycles. The molecule has 1 nitrogen and oxygen atoms in total. The zero-order valence-electron chi connectivity index (χ0n) is 17.2. The summed E-state index contributed by atoms with van der Waals surface area (Å²) in [6.07, 6.45) is 0. The highest BCUT2D eigenvalue weighted by molar-refractivity contribution is 8.00. The van der Waals surface area contributed by atoms with Gasteiger partial charge in [-0.15, -0.1) is 11.3 Å². The molecule has 7 rings (SSSR count). The number of benzene rings is 5. The second kappa shape index (κ2) is 7.13. The molecule has 1 unspecified atom stereocenters. The standard InChI is InChI=1S/C29H19NS2/c1-2-7-19(8-3-1)29-30-25-16-15-18-13-14-20(17-24(18)28(25)32-29)21-10-6-11-23-22-9-4-5-12-26(22)31-27(21)23/h1-17,29-30H. The van der Waals surface area contributed by atoms with Gasteiger partial charge in [0, 0.05) is 30.8 Å². The molecule has 0 fully saturated rings. The van der Waals surface area contributed by atoms with Crippen molar-refractivity contribution >= 4 is 59.7 Å². The zero-order chi connectivity index (χ0) is 21.1. The smallest absolute Gasteiger partial charge is 0.103 e. The van der Waals surface area contributed by atoms with Gasteiger partial charge in [-0.1, -0.05) is 96.7 Å². The minimum atomic E-state index is 0.256. The van der Waals surface area contributed by atoms with Crippen LogP contribution in [-0.2, 0) is 0 Å². The molecule has 0 aliphatic carbocycles. The molecule has 1 N–H and O–H groups in total. The van der Waals surface area contributed by atoms with Crippen molar-refractivity contribution in [3.8, 4) is 11.1 Å². The summed E-state index contributed by atoms with van der Waals surface area (Å²) in [6.45, 7) is 0. The van der Waals surface area contributed by atoms with Crippen LogP contribution < -0.4 is 5.32 Å². The van der Waals surface area contributed by atoms with Crippen LogP contribution in [0.3, 0.4) is 0 Å². The lowest BCUT2D eigenvalue weighted by molar-refractivity contribution is 1.14. The lowest BCUT2D eigenvalue weighted by Gasteiger charge is -2.09. The second-order valence-corrected chi connectivity index (χ2v) is 10.4. The first-order valence-corrected chi connectivity index (χ1v) is 12.5. The van der Waals surface area contributed by atoms with E-state index >= 15 is 0 Å². The van der Waals surface area contributed by atoms with E-state index < -0.39 is 0 Å². The van der Waals surface area contributed by atoms with Gasteiger partial charge in [0.2, 0.25) is 0 Å². The fourth-order valence-electron chi connectivity index (χ4n) is 4.74. The number of fused-ring (bicyclic) bond motifs is 6. The lowest BCUT2D eigenvalue weighted by Crippen LogP contribution is -2.00. The van der Waals surface area contributed by atoms with Crippen LogP contribution in [0.5, 0.6) is 0 Å². The van der Waals surface area contributed by atoms with Crippen LogP contribution in [0, 0.1) is 0 Å². The van der Waals surface area contributed by atoms with Crippen molar-refractivity contribution in [1.29, 1.82) is 0 Å². The number of anilines is 1. The van der Waals surface area contributed by atoms with E-state index in [1.165, 1.54) is 58.2 Å². The summed E-state index contributed by atoms with van der Waals surface area (Å²) in [6, 6.07) is 37.5.